The van der Waals surface area contributed by atoms with Gasteiger partial charge in [0.05, 0.1) is 11.7 Å². The van der Waals surface area contributed by atoms with Gasteiger partial charge in [-0.2, -0.15) is 5.10 Å². The highest BCUT2D eigenvalue weighted by Crippen LogP contribution is 2.30. The fraction of sp³-hybridized carbons (Fsp3) is 0.824. The third-order valence-electron chi connectivity index (χ3n) is 4.55. The smallest absolute Gasteiger partial charge is 0.0628 e. The summed E-state index contributed by atoms with van der Waals surface area (Å²) in [5, 5.41) is 8.34. The zero-order valence-corrected chi connectivity index (χ0v) is 13.7. The van der Waals surface area contributed by atoms with Crippen molar-refractivity contribution in [2.75, 3.05) is 6.54 Å². The fourth-order valence-electron chi connectivity index (χ4n) is 3.40. The third-order valence-corrected chi connectivity index (χ3v) is 4.55. The average Bonchev–Trinajstić information content (AvgIpc) is 2.71. The number of rotatable bonds is 6. The Morgan fingerprint density at radius 3 is 2.55 bits per heavy atom. The van der Waals surface area contributed by atoms with Crippen LogP contribution in [0.2, 0.25) is 0 Å². The summed E-state index contributed by atoms with van der Waals surface area (Å²) < 4.78 is 2.33. The van der Waals surface area contributed by atoms with Crippen LogP contribution in [0.15, 0.2) is 0 Å². The largest absolute Gasteiger partial charge is 0.315 e. The van der Waals surface area contributed by atoms with E-state index in [1.165, 1.54) is 55.5 Å². The number of hydrogen-bond donors (Lipinski definition) is 1. The maximum absolute atomic E-state index is 4.84. The Balaban J connectivity index is 1.97. The van der Waals surface area contributed by atoms with Crippen LogP contribution in [0, 0.1) is 13.8 Å². The molecule has 1 aromatic rings. The van der Waals surface area contributed by atoms with Gasteiger partial charge >= 0.3 is 0 Å². The Morgan fingerprint density at radius 1 is 1.20 bits per heavy atom. The molecule has 1 heterocycles. The second-order valence-corrected chi connectivity index (χ2v) is 6.60. The minimum Gasteiger partial charge on any atom is -0.315 e. The Bertz CT molecular complexity index is 414. The predicted molar refractivity (Wildman–Crippen MR) is 85.3 cm³/mol. The second kappa shape index (κ2) is 7.26. The Hall–Kier alpha value is -0.830. The van der Waals surface area contributed by atoms with E-state index in [0.717, 1.165) is 13.0 Å². The van der Waals surface area contributed by atoms with Gasteiger partial charge in [0, 0.05) is 11.7 Å². The Kier molecular flexibility index (Phi) is 5.64. The first kappa shape index (κ1) is 15.6. The van der Waals surface area contributed by atoms with Gasteiger partial charge in [-0.05, 0) is 51.6 Å². The van der Waals surface area contributed by atoms with Crippen molar-refractivity contribution < 1.29 is 0 Å². The van der Waals surface area contributed by atoms with E-state index in [1.54, 1.807) is 0 Å². The molecule has 3 heteroatoms. The van der Waals surface area contributed by atoms with E-state index < -0.39 is 0 Å². The highest BCUT2D eigenvalue weighted by atomic mass is 15.3. The molecular weight excluding hydrogens is 246 g/mol. The Labute approximate surface area is 124 Å². The molecule has 3 nitrogen and oxygen atoms in total. The normalized spacial score (nSPS) is 17.1. The molecule has 0 saturated heterocycles. The molecule has 0 amide bonds. The minimum absolute atomic E-state index is 0.585. The molecule has 0 bridgehead atoms. The molecule has 0 radical (unpaired) electrons. The van der Waals surface area contributed by atoms with Gasteiger partial charge in [-0.25, -0.2) is 0 Å². The van der Waals surface area contributed by atoms with Crippen molar-refractivity contribution in [3.8, 4) is 0 Å². The zero-order valence-electron chi connectivity index (χ0n) is 13.7. The summed E-state index contributed by atoms with van der Waals surface area (Å²) in [6, 6.07) is 1.24. The molecule has 1 saturated carbocycles. The molecule has 1 N–H and O–H groups in total. The summed E-state index contributed by atoms with van der Waals surface area (Å²) in [6.07, 6.45) is 9.14. The third kappa shape index (κ3) is 3.85. The first-order valence-corrected chi connectivity index (χ1v) is 8.37. The van der Waals surface area contributed by atoms with Crippen molar-refractivity contribution in [3.63, 3.8) is 0 Å². The van der Waals surface area contributed by atoms with Gasteiger partial charge in [0.15, 0.2) is 0 Å². The van der Waals surface area contributed by atoms with Crippen LogP contribution in [-0.4, -0.2) is 22.4 Å². The van der Waals surface area contributed by atoms with E-state index >= 15 is 0 Å². The van der Waals surface area contributed by atoms with Crippen LogP contribution in [0.4, 0.5) is 0 Å². The lowest BCUT2D eigenvalue weighted by atomic mass is 9.95. The molecular formula is C17H31N3. The molecule has 114 valence electrons. The van der Waals surface area contributed by atoms with Gasteiger partial charge in [0.2, 0.25) is 0 Å². The quantitative estimate of drug-likeness (QED) is 0.798. The lowest BCUT2D eigenvalue weighted by Gasteiger charge is -2.23. The summed E-state index contributed by atoms with van der Waals surface area (Å²) in [4.78, 5) is 0. The number of aromatic nitrogens is 2. The number of nitrogens with one attached hydrogen (secondary N) is 1. The zero-order chi connectivity index (χ0) is 14.5. The van der Waals surface area contributed by atoms with Crippen LogP contribution in [-0.2, 0) is 6.42 Å². The van der Waals surface area contributed by atoms with Crippen LogP contribution in [0.25, 0.3) is 0 Å². The van der Waals surface area contributed by atoms with Crippen molar-refractivity contribution in [1.29, 1.82) is 0 Å². The van der Waals surface area contributed by atoms with Crippen molar-refractivity contribution in [1.82, 2.24) is 15.1 Å². The molecule has 1 aromatic heterocycles. The van der Waals surface area contributed by atoms with E-state index in [4.69, 9.17) is 5.10 Å². The molecule has 1 aliphatic rings. The molecule has 20 heavy (non-hydrogen) atoms. The van der Waals surface area contributed by atoms with E-state index in [1.807, 2.05) is 0 Å². The molecule has 0 aliphatic heterocycles. The van der Waals surface area contributed by atoms with Gasteiger partial charge in [0.25, 0.3) is 0 Å². The van der Waals surface area contributed by atoms with Crippen molar-refractivity contribution in [2.45, 2.75) is 84.7 Å². The predicted octanol–water partition coefficient (Wildman–Crippen LogP) is 3.94. The van der Waals surface area contributed by atoms with Crippen LogP contribution in [0.1, 0.15) is 75.4 Å². The van der Waals surface area contributed by atoms with Gasteiger partial charge < -0.3 is 5.32 Å². The van der Waals surface area contributed by atoms with Gasteiger partial charge in [-0.3, -0.25) is 4.68 Å². The van der Waals surface area contributed by atoms with E-state index in [9.17, 15) is 0 Å². The first-order valence-electron chi connectivity index (χ1n) is 8.37. The van der Waals surface area contributed by atoms with E-state index in [2.05, 4.69) is 37.7 Å². The maximum Gasteiger partial charge on any atom is 0.0628 e. The van der Waals surface area contributed by atoms with E-state index in [0.29, 0.717) is 12.1 Å². The molecule has 0 spiro atoms. The molecule has 0 unspecified atom stereocenters. The standard InChI is InChI=1S/C17H31N3/c1-13(2)18-12-8-11-17-14(3)19-20(15(17)4)16-9-6-5-7-10-16/h13,16,18H,5-12H2,1-4H3. The molecule has 2 rings (SSSR count). The van der Waals surface area contributed by atoms with E-state index in [-0.39, 0.29) is 0 Å². The summed E-state index contributed by atoms with van der Waals surface area (Å²) in [6.45, 7) is 9.96. The van der Waals surface area contributed by atoms with Crippen LogP contribution in [0.3, 0.4) is 0 Å². The van der Waals surface area contributed by atoms with Crippen molar-refractivity contribution >= 4 is 0 Å². The molecule has 1 aliphatic carbocycles. The molecule has 0 aromatic carbocycles. The van der Waals surface area contributed by atoms with Crippen molar-refractivity contribution in [2.24, 2.45) is 0 Å². The van der Waals surface area contributed by atoms with Crippen LogP contribution >= 0.6 is 0 Å². The number of nitrogens with zero attached hydrogens (tertiary/aromatic N) is 2. The number of aryl methyl sites for hydroxylation is 1. The molecule has 1 fully saturated rings. The highest BCUT2D eigenvalue weighted by Gasteiger charge is 2.20. The molecule has 0 atom stereocenters. The van der Waals surface area contributed by atoms with Crippen molar-refractivity contribution in [3.05, 3.63) is 17.0 Å². The SMILES string of the molecule is Cc1nn(C2CCCCC2)c(C)c1CCCNC(C)C. The highest BCUT2D eigenvalue weighted by molar-refractivity contribution is 5.25. The topological polar surface area (TPSA) is 29.9 Å². The monoisotopic (exact) mass is 277 g/mol. The van der Waals surface area contributed by atoms with Crippen LogP contribution in [0.5, 0.6) is 0 Å². The lowest BCUT2D eigenvalue weighted by Crippen LogP contribution is -2.24. The minimum atomic E-state index is 0.585. The lowest BCUT2D eigenvalue weighted by molar-refractivity contribution is 0.324. The number of hydrogen-bond acceptors (Lipinski definition) is 2. The summed E-state index contributed by atoms with van der Waals surface area (Å²) in [5.74, 6) is 0. The van der Waals surface area contributed by atoms with Gasteiger partial charge in [-0.1, -0.05) is 33.1 Å². The van der Waals surface area contributed by atoms with Gasteiger partial charge in [0.1, 0.15) is 0 Å². The second-order valence-electron chi connectivity index (χ2n) is 6.60. The fourth-order valence-corrected chi connectivity index (χ4v) is 3.40. The van der Waals surface area contributed by atoms with Gasteiger partial charge in [-0.15, -0.1) is 0 Å². The first-order chi connectivity index (χ1) is 9.59. The maximum atomic E-state index is 4.84. The summed E-state index contributed by atoms with van der Waals surface area (Å²) in [7, 11) is 0. The summed E-state index contributed by atoms with van der Waals surface area (Å²) in [5.41, 5.74) is 4.15. The summed E-state index contributed by atoms with van der Waals surface area (Å²) >= 11 is 0. The Morgan fingerprint density at radius 2 is 1.90 bits per heavy atom. The van der Waals surface area contributed by atoms with Crippen LogP contribution < -0.4 is 5.32 Å². The average molecular weight is 277 g/mol.